The van der Waals surface area contributed by atoms with E-state index < -0.39 is 0 Å². The normalized spacial score (nSPS) is 10.8. The predicted octanol–water partition coefficient (Wildman–Crippen LogP) is 3.10. The van der Waals surface area contributed by atoms with E-state index in [0.717, 1.165) is 0 Å². The molecule has 0 unspecified atom stereocenters. The van der Waals surface area contributed by atoms with Crippen molar-refractivity contribution in [2.24, 2.45) is 0 Å². The minimum absolute atomic E-state index is 0.229. The molecule has 3 rings (SSSR count). The van der Waals surface area contributed by atoms with Gasteiger partial charge in [0.1, 0.15) is 11.5 Å². The van der Waals surface area contributed by atoms with Crippen LogP contribution in [0.2, 0.25) is 5.02 Å². The molecular weight excluding hydrogens is 293 g/mol. The molecule has 0 radical (unpaired) electrons. The Hall–Kier alpha value is -2.40. The van der Waals surface area contributed by atoms with Gasteiger partial charge < -0.3 is 5.32 Å². The highest BCUT2D eigenvalue weighted by Crippen LogP contribution is 2.13. The molecule has 0 fully saturated rings. The number of nitrogens with one attached hydrogen (secondary N) is 1. The Morgan fingerprint density at radius 2 is 2.05 bits per heavy atom. The summed E-state index contributed by atoms with van der Waals surface area (Å²) in [4.78, 5) is 16.3. The fraction of sp³-hybridized carbons (Fsp3) is 0.0667. The Labute approximate surface area is 124 Å². The van der Waals surface area contributed by atoms with Gasteiger partial charge in [-0.3, -0.25) is 9.20 Å². The summed E-state index contributed by atoms with van der Waals surface area (Å²) in [5, 5.41) is 3.38. The number of hydrogen-bond donors (Lipinski definition) is 1. The molecule has 2 aromatic heterocycles. The van der Waals surface area contributed by atoms with E-state index in [1.165, 1.54) is 22.7 Å². The standard InChI is InChI=1S/C15H11ClFN3O/c16-10-5-6-14-19-11(7-15(21)20(14)9-10)8-18-13-4-2-1-3-12(13)17/h1-7,9,18H,8H2. The molecule has 21 heavy (non-hydrogen) atoms. The fourth-order valence-corrected chi connectivity index (χ4v) is 2.17. The Kier molecular flexibility index (Phi) is 3.58. The fourth-order valence-electron chi connectivity index (χ4n) is 2.01. The van der Waals surface area contributed by atoms with Crippen molar-refractivity contribution in [1.82, 2.24) is 9.38 Å². The number of nitrogens with zero attached hydrogens (tertiary/aromatic N) is 2. The minimum atomic E-state index is -0.346. The van der Waals surface area contributed by atoms with Crippen molar-refractivity contribution in [1.29, 1.82) is 0 Å². The molecule has 0 saturated carbocycles. The molecule has 0 aliphatic carbocycles. The molecule has 3 aromatic rings. The topological polar surface area (TPSA) is 46.4 Å². The zero-order valence-corrected chi connectivity index (χ0v) is 11.6. The van der Waals surface area contributed by atoms with E-state index in [1.807, 2.05) is 0 Å². The van der Waals surface area contributed by atoms with Gasteiger partial charge in [0.2, 0.25) is 0 Å². The predicted molar refractivity (Wildman–Crippen MR) is 80.2 cm³/mol. The zero-order valence-electron chi connectivity index (χ0n) is 10.9. The number of fused-ring (bicyclic) bond motifs is 1. The number of benzene rings is 1. The van der Waals surface area contributed by atoms with Crippen LogP contribution < -0.4 is 10.9 Å². The van der Waals surface area contributed by atoms with Gasteiger partial charge in [-0.25, -0.2) is 9.37 Å². The van der Waals surface area contributed by atoms with Crippen molar-refractivity contribution in [2.45, 2.75) is 6.54 Å². The molecule has 1 N–H and O–H groups in total. The molecule has 0 aliphatic heterocycles. The first-order valence-electron chi connectivity index (χ1n) is 6.30. The molecule has 0 aliphatic rings. The lowest BCUT2D eigenvalue weighted by atomic mass is 10.3. The number of anilines is 1. The molecule has 0 saturated heterocycles. The SMILES string of the molecule is O=c1cc(CNc2ccccc2F)nc2ccc(Cl)cn12. The quantitative estimate of drug-likeness (QED) is 0.809. The third-order valence-corrected chi connectivity index (χ3v) is 3.23. The molecule has 0 amide bonds. The van der Waals surface area contributed by atoms with Crippen LogP contribution in [0.4, 0.5) is 10.1 Å². The third kappa shape index (κ3) is 2.87. The summed E-state index contributed by atoms with van der Waals surface area (Å²) in [6.45, 7) is 0.259. The first-order valence-corrected chi connectivity index (χ1v) is 6.67. The third-order valence-electron chi connectivity index (χ3n) is 3.01. The van der Waals surface area contributed by atoms with E-state index in [2.05, 4.69) is 10.3 Å². The largest absolute Gasteiger partial charge is 0.377 e. The highest BCUT2D eigenvalue weighted by molar-refractivity contribution is 6.30. The summed E-state index contributed by atoms with van der Waals surface area (Å²) in [6, 6.07) is 11.1. The van der Waals surface area contributed by atoms with Crippen LogP contribution in [0.25, 0.3) is 5.65 Å². The summed E-state index contributed by atoms with van der Waals surface area (Å²) in [5.41, 5.74) is 1.17. The lowest BCUT2D eigenvalue weighted by Gasteiger charge is -2.08. The van der Waals surface area contributed by atoms with Gasteiger partial charge in [0.25, 0.3) is 5.56 Å². The van der Waals surface area contributed by atoms with Crippen LogP contribution in [0.5, 0.6) is 0 Å². The van der Waals surface area contributed by atoms with Crippen LogP contribution >= 0.6 is 11.6 Å². The zero-order chi connectivity index (χ0) is 14.8. The molecule has 106 valence electrons. The van der Waals surface area contributed by atoms with Crippen molar-refractivity contribution in [3.63, 3.8) is 0 Å². The smallest absolute Gasteiger partial charge is 0.258 e. The van der Waals surface area contributed by atoms with Crippen LogP contribution in [0.15, 0.2) is 53.5 Å². The number of hydrogen-bond acceptors (Lipinski definition) is 3. The summed E-state index contributed by atoms with van der Waals surface area (Å²) >= 11 is 5.85. The number of para-hydroxylation sites is 1. The number of halogens is 2. The van der Waals surface area contributed by atoms with E-state index in [1.54, 1.807) is 30.3 Å². The lowest BCUT2D eigenvalue weighted by Crippen LogP contribution is -2.16. The highest BCUT2D eigenvalue weighted by atomic mass is 35.5. The van der Waals surface area contributed by atoms with Crippen LogP contribution in [-0.4, -0.2) is 9.38 Å². The Bertz CT molecular complexity index is 863. The summed E-state index contributed by atoms with van der Waals surface area (Å²) in [7, 11) is 0. The molecular formula is C15H11ClFN3O. The van der Waals surface area contributed by atoms with Crippen LogP contribution in [-0.2, 0) is 6.54 Å². The lowest BCUT2D eigenvalue weighted by molar-refractivity contribution is 0.630. The van der Waals surface area contributed by atoms with Crippen molar-refractivity contribution in [3.8, 4) is 0 Å². The molecule has 4 nitrogen and oxygen atoms in total. The van der Waals surface area contributed by atoms with Gasteiger partial charge in [0.05, 0.1) is 22.9 Å². The molecule has 0 bridgehead atoms. The second-order valence-corrected chi connectivity index (χ2v) is 4.93. The maximum absolute atomic E-state index is 13.5. The monoisotopic (exact) mass is 303 g/mol. The summed E-state index contributed by atoms with van der Waals surface area (Å²) in [6.07, 6.45) is 1.51. The maximum atomic E-state index is 13.5. The van der Waals surface area contributed by atoms with E-state index in [0.29, 0.717) is 22.1 Å². The summed E-state index contributed by atoms with van der Waals surface area (Å²) < 4.78 is 14.9. The number of pyridine rings is 1. The average molecular weight is 304 g/mol. The first-order chi connectivity index (χ1) is 10.1. The van der Waals surface area contributed by atoms with Crippen molar-refractivity contribution >= 4 is 22.9 Å². The minimum Gasteiger partial charge on any atom is -0.377 e. The first kappa shape index (κ1) is 13.6. The second kappa shape index (κ2) is 5.54. The van der Waals surface area contributed by atoms with Crippen LogP contribution in [0.1, 0.15) is 5.69 Å². The van der Waals surface area contributed by atoms with Gasteiger partial charge in [0.15, 0.2) is 0 Å². The molecule has 0 spiro atoms. The maximum Gasteiger partial charge on any atom is 0.258 e. The average Bonchev–Trinajstić information content (AvgIpc) is 2.47. The van der Waals surface area contributed by atoms with Crippen molar-refractivity contribution in [3.05, 3.63) is 75.5 Å². The van der Waals surface area contributed by atoms with E-state index in [9.17, 15) is 9.18 Å². The second-order valence-electron chi connectivity index (χ2n) is 4.49. The highest BCUT2D eigenvalue weighted by Gasteiger charge is 2.04. The molecule has 2 heterocycles. The van der Waals surface area contributed by atoms with Gasteiger partial charge in [0, 0.05) is 12.3 Å². The Morgan fingerprint density at radius 3 is 2.86 bits per heavy atom. The van der Waals surface area contributed by atoms with Gasteiger partial charge in [-0.1, -0.05) is 23.7 Å². The Balaban J connectivity index is 1.90. The number of aromatic nitrogens is 2. The molecule has 1 aromatic carbocycles. The van der Waals surface area contributed by atoms with Crippen molar-refractivity contribution < 1.29 is 4.39 Å². The number of rotatable bonds is 3. The van der Waals surface area contributed by atoms with Gasteiger partial charge in [-0.05, 0) is 24.3 Å². The van der Waals surface area contributed by atoms with E-state index >= 15 is 0 Å². The van der Waals surface area contributed by atoms with E-state index in [4.69, 9.17) is 11.6 Å². The van der Waals surface area contributed by atoms with Gasteiger partial charge in [-0.2, -0.15) is 0 Å². The summed E-state index contributed by atoms with van der Waals surface area (Å²) in [5.74, 6) is -0.346. The molecule has 6 heteroatoms. The van der Waals surface area contributed by atoms with Crippen LogP contribution in [0, 0.1) is 5.82 Å². The van der Waals surface area contributed by atoms with Gasteiger partial charge >= 0.3 is 0 Å². The van der Waals surface area contributed by atoms with Crippen LogP contribution in [0.3, 0.4) is 0 Å². The Morgan fingerprint density at radius 1 is 1.24 bits per heavy atom. The van der Waals surface area contributed by atoms with Gasteiger partial charge in [-0.15, -0.1) is 0 Å². The van der Waals surface area contributed by atoms with Crippen molar-refractivity contribution in [2.75, 3.05) is 5.32 Å². The van der Waals surface area contributed by atoms with E-state index in [-0.39, 0.29) is 17.9 Å². The molecule has 0 atom stereocenters.